The Bertz CT molecular complexity index is 1840. The number of aromatic amines is 1. The van der Waals surface area contributed by atoms with Crippen LogP contribution in [0.1, 0.15) is 23.1 Å². The molecule has 0 saturated heterocycles. The van der Waals surface area contributed by atoms with Crippen molar-refractivity contribution in [2.24, 2.45) is 7.05 Å². The summed E-state index contributed by atoms with van der Waals surface area (Å²) in [5.74, 6) is -0.577. The molecule has 0 aliphatic carbocycles. The minimum Gasteiger partial charge on any atom is -0.276 e. The molecule has 1 N–H and O–H groups in total. The molecule has 11 nitrogen and oxygen atoms in total. The number of aromatic nitrogens is 10. The first kappa shape index (κ1) is 25.0. The van der Waals surface area contributed by atoms with E-state index >= 15 is 4.39 Å². The van der Waals surface area contributed by atoms with Gasteiger partial charge in [0.25, 0.3) is 6.33 Å². The average molecular weight is 553 g/mol. The van der Waals surface area contributed by atoms with Crippen LogP contribution in [-0.4, -0.2) is 45.1 Å². The quantitative estimate of drug-likeness (QED) is 0.299. The molecular weight excluding hydrogens is 533 g/mol. The van der Waals surface area contributed by atoms with Gasteiger partial charge in [-0.25, -0.2) is 9.37 Å². The lowest BCUT2D eigenvalue weighted by Gasteiger charge is -2.17. The zero-order valence-electron chi connectivity index (χ0n) is 21.0. The van der Waals surface area contributed by atoms with Crippen molar-refractivity contribution in [3.8, 4) is 34.0 Å². The predicted molar refractivity (Wildman–Crippen MR) is 141 cm³/mol. The summed E-state index contributed by atoms with van der Waals surface area (Å²) in [5.41, 5.74) is 4.82. The maximum atomic E-state index is 15.3. The molecule has 13 heteroatoms. The van der Waals surface area contributed by atoms with Crippen LogP contribution in [0.2, 0.25) is 5.02 Å². The van der Waals surface area contributed by atoms with Gasteiger partial charge in [0.05, 0.1) is 34.2 Å². The Morgan fingerprint density at radius 1 is 1.10 bits per heavy atom. The summed E-state index contributed by atoms with van der Waals surface area (Å²) in [7, 11) is 1.86. The number of rotatable bonds is 7. The zero-order valence-corrected chi connectivity index (χ0v) is 21.8. The molecule has 1 atom stereocenters. The summed E-state index contributed by atoms with van der Waals surface area (Å²) in [6.07, 6.45) is 10.7. The third-order valence-electron chi connectivity index (χ3n) is 6.43. The summed E-state index contributed by atoms with van der Waals surface area (Å²) in [6.45, 7) is 0. The molecule has 6 aromatic rings. The van der Waals surface area contributed by atoms with Crippen LogP contribution in [-0.2, 0) is 13.5 Å². The van der Waals surface area contributed by atoms with E-state index in [-0.39, 0.29) is 16.6 Å². The number of nitriles is 1. The molecule has 40 heavy (non-hydrogen) atoms. The van der Waals surface area contributed by atoms with E-state index < -0.39 is 5.82 Å². The number of pyridine rings is 2. The lowest BCUT2D eigenvalue weighted by atomic mass is 10.0. The molecule has 0 bridgehead atoms. The number of nitrogens with one attached hydrogen (secondary N) is 1. The highest BCUT2D eigenvalue weighted by atomic mass is 35.5. The van der Waals surface area contributed by atoms with E-state index in [1.165, 1.54) is 17.1 Å². The Morgan fingerprint density at radius 2 is 2.00 bits per heavy atom. The van der Waals surface area contributed by atoms with E-state index in [9.17, 15) is 5.26 Å². The minimum absolute atomic E-state index is 0.0105. The second kappa shape index (κ2) is 10.5. The zero-order chi connectivity index (χ0) is 27.6. The largest absolute Gasteiger partial charge is 0.293 e. The highest BCUT2D eigenvalue weighted by molar-refractivity contribution is 6.31. The average Bonchev–Trinajstić information content (AvgIpc) is 3.76. The summed E-state index contributed by atoms with van der Waals surface area (Å²) in [5, 5.41) is 28.6. The first-order chi connectivity index (χ1) is 19.5. The van der Waals surface area contributed by atoms with Crippen molar-refractivity contribution in [3.05, 3.63) is 108 Å². The third-order valence-corrected chi connectivity index (χ3v) is 6.72. The summed E-state index contributed by atoms with van der Waals surface area (Å²) in [4.78, 5) is 8.77. The minimum atomic E-state index is -0.577. The number of aryl methyl sites for hydroxylation is 1. The van der Waals surface area contributed by atoms with Crippen LogP contribution in [0.4, 0.5) is 4.39 Å². The van der Waals surface area contributed by atoms with Crippen molar-refractivity contribution in [2.75, 3.05) is 0 Å². The van der Waals surface area contributed by atoms with Crippen molar-refractivity contribution >= 4 is 11.6 Å². The SMILES string of the molecule is Cn1ccc(CC(c2ccc(-c3c(-[n+]4cnn[nH]4)ccc(Cl)c3F)cn2)n2cc(-c3ccnc(C#N)c3)cn2)n1. The summed E-state index contributed by atoms with van der Waals surface area (Å²) < 4.78 is 20.3. The van der Waals surface area contributed by atoms with E-state index in [1.807, 2.05) is 42.3 Å². The fraction of sp³-hybridized carbons (Fsp3) is 0.111. The summed E-state index contributed by atoms with van der Waals surface area (Å²) in [6, 6.07) is 14.0. The van der Waals surface area contributed by atoms with Gasteiger partial charge in [-0.3, -0.25) is 14.3 Å². The molecule has 5 heterocycles. The van der Waals surface area contributed by atoms with Gasteiger partial charge in [0.2, 0.25) is 0 Å². The van der Waals surface area contributed by atoms with Crippen LogP contribution < -0.4 is 4.68 Å². The van der Waals surface area contributed by atoms with Gasteiger partial charge in [0.1, 0.15) is 22.5 Å². The maximum absolute atomic E-state index is 15.3. The lowest BCUT2D eigenvalue weighted by molar-refractivity contribution is -0.659. The van der Waals surface area contributed by atoms with Crippen molar-refractivity contribution in [2.45, 2.75) is 12.5 Å². The van der Waals surface area contributed by atoms with Crippen LogP contribution in [0.25, 0.3) is 27.9 Å². The number of H-pyrrole nitrogens is 1. The number of benzene rings is 1. The molecule has 0 spiro atoms. The monoisotopic (exact) mass is 552 g/mol. The Hall–Kier alpha value is -5.28. The van der Waals surface area contributed by atoms with Gasteiger partial charge in [-0.1, -0.05) is 22.9 Å². The molecule has 6 rings (SSSR count). The lowest BCUT2D eigenvalue weighted by Crippen LogP contribution is -2.33. The van der Waals surface area contributed by atoms with E-state index in [0.29, 0.717) is 29.1 Å². The van der Waals surface area contributed by atoms with Gasteiger partial charge < -0.3 is 0 Å². The number of hydrogen-bond acceptors (Lipinski definition) is 7. The molecule has 0 radical (unpaired) electrons. The molecule has 1 aromatic carbocycles. The fourth-order valence-corrected chi connectivity index (χ4v) is 4.65. The topological polar surface area (TPSA) is 131 Å². The second-order valence-electron chi connectivity index (χ2n) is 8.98. The van der Waals surface area contributed by atoms with Gasteiger partial charge in [-0.2, -0.15) is 15.5 Å². The Balaban J connectivity index is 1.39. The van der Waals surface area contributed by atoms with Crippen molar-refractivity contribution in [1.29, 1.82) is 5.26 Å². The highest BCUT2D eigenvalue weighted by Crippen LogP contribution is 2.32. The molecule has 196 valence electrons. The highest BCUT2D eigenvalue weighted by Gasteiger charge is 2.23. The van der Waals surface area contributed by atoms with Crippen LogP contribution in [0.3, 0.4) is 0 Å². The van der Waals surface area contributed by atoms with E-state index in [0.717, 1.165) is 16.8 Å². The van der Waals surface area contributed by atoms with Crippen molar-refractivity contribution in [1.82, 2.24) is 45.1 Å². The first-order valence-corrected chi connectivity index (χ1v) is 12.5. The summed E-state index contributed by atoms with van der Waals surface area (Å²) >= 11 is 6.13. The molecule has 0 aliphatic heterocycles. The molecular formula is C27H20ClFN11+. The molecule has 0 saturated carbocycles. The van der Waals surface area contributed by atoms with Gasteiger partial charge in [0.15, 0.2) is 11.0 Å². The number of halogens is 2. The third kappa shape index (κ3) is 4.81. The molecule has 0 amide bonds. The second-order valence-corrected chi connectivity index (χ2v) is 9.39. The maximum Gasteiger partial charge on any atom is 0.293 e. The number of tetrazole rings is 1. The van der Waals surface area contributed by atoms with Crippen LogP contribution in [0.15, 0.2) is 79.8 Å². The molecule has 1 unspecified atom stereocenters. The van der Waals surface area contributed by atoms with Gasteiger partial charge >= 0.3 is 0 Å². The van der Waals surface area contributed by atoms with E-state index in [4.69, 9.17) is 16.6 Å². The van der Waals surface area contributed by atoms with Gasteiger partial charge in [-0.15, -0.1) is 4.68 Å². The van der Waals surface area contributed by atoms with E-state index in [2.05, 4.69) is 36.8 Å². The Labute approximate surface area is 232 Å². The fourth-order valence-electron chi connectivity index (χ4n) is 4.49. The molecule has 0 fully saturated rings. The molecule has 0 aliphatic rings. The van der Waals surface area contributed by atoms with Gasteiger partial charge in [-0.05, 0) is 42.0 Å². The Morgan fingerprint density at radius 3 is 2.73 bits per heavy atom. The number of nitrogens with zero attached hydrogens (tertiary/aromatic N) is 10. The normalized spacial score (nSPS) is 11.8. The van der Waals surface area contributed by atoms with Crippen LogP contribution >= 0.6 is 11.6 Å². The first-order valence-electron chi connectivity index (χ1n) is 12.1. The van der Waals surface area contributed by atoms with Gasteiger partial charge in [0, 0.05) is 49.4 Å². The van der Waals surface area contributed by atoms with E-state index in [1.54, 1.807) is 41.5 Å². The van der Waals surface area contributed by atoms with Crippen molar-refractivity contribution < 1.29 is 9.07 Å². The smallest absolute Gasteiger partial charge is 0.276 e. The standard InChI is InChI=1S/C27H19ClFN11/c1-38-9-7-20(35-38)11-25(39-15-19(14-34-39)17-6-8-31-21(10-17)12-30)23-4-2-18(13-32-23)26-24(40-16-33-36-37-40)5-3-22(28)27(26)29/h2-10,13-16,25H,11H2,1H3/p+1. The number of hydrogen-bond donors (Lipinski definition) is 1. The predicted octanol–water partition coefficient (Wildman–Crippen LogP) is 3.63. The Kier molecular flexibility index (Phi) is 6.55. The van der Waals surface area contributed by atoms with Crippen LogP contribution in [0.5, 0.6) is 0 Å². The molecule has 5 aromatic heterocycles. The van der Waals surface area contributed by atoms with Crippen LogP contribution in [0, 0.1) is 17.1 Å². The van der Waals surface area contributed by atoms with Crippen molar-refractivity contribution in [3.63, 3.8) is 0 Å².